The predicted molar refractivity (Wildman–Crippen MR) is 181 cm³/mol. The summed E-state index contributed by atoms with van der Waals surface area (Å²) < 4.78 is 8.83. The molecule has 0 bridgehead atoms. The molecular weight excluding hydrogens is 611 g/mol. The van der Waals surface area contributed by atoms with Crippen molar-refractivity contribution < 1.29 is 44.2 Å². The molecule has 0 N–H and O–H groups in total. The van der Waals surface area contributed by atoms with E-state index in [4.69, 9.17) is 21.3 Å². The van der Waals surface area contributed by atoms with Crippen LogP contribution in [0.3, 0.4) is 0 Å². The largest absolute Gasteiger partial charge is 1.00 e. The fraction of sp³-hybridized carbons (Fsp3) is 0.351. The minimum Gasteiger partial charge on any atom is -0.550 e. The number of carboxylic acid groups (broad SMARTS) is 1. The third-order valence-electron chi connectivity index (χ3n) is 7.69. The van der Waals surface area contributed by atoms with E-state index in [2.05, 4.69) is 62.6 Å². The topological polar surface area (TPSA) is 67.2 Å². The van der Waals surface area contributed by atoms with E-state index in [9.17, 15) is 9.90 Å². The van der Waals surface area contributed by atoms with Gasteiger partial charge in [-0.15, -0.1) is 11.8 Å². The second-order valence-corrected chi connectivity index (χ2v) is 15.3. The third kappa shape index (κ3) is 8.47. The quantitative estimate of drug-likeness (QED) is 0.129. The summed E-state index contributed by atoms with van der Waals surface area (Å²) in [6.45, 7) is 12.7. The first-order valence-electron chi connectivity index (χ1n) is 15.2. The van der Waals surface area contributed by atoms with Crippen LogP contribution in [0.25, 0.3) is 21.8 Å². The molecule has 0 aliphatic carbocycles. The summed E-state index contributed by atoms with van der Waals surface area (Å²) in [5.74, 6) is -0.308. The van der Waals surface area contributed by atoms with Crippen molar-refractivity contribution in [3.63, 3.8) is 0 Å². The van der Waals surface area contributed by atoms with Crippen molar-refractivity contribution in [1.29, 1.82) is 0 Å². The van der Waals surface area contributed by atoms with Crippen molar-refractivity contribution in [2.75, 3.05) is 0 Å². The molecule has 2 aromatic heterocycles. The number of carboxylic acids is 1. The number of aliphatic carboxylic acids is 1. The van der Waals surface area contributed by atoms with Gasteiger partial charge in [-0.3, -0.25) is 0 Å². The van der Waals surface area contributed by atoms with E-state index >= 15 is 0 Å². The fourth-order valence-electron chi connectivity index (χ4n) is 5.42. The van der Waals surface area contributed by atoms with Gasteiger partial charge in [-0.25, -0.2) is 4.98 Å². The number of rotatable bonds is 11. The number of ether oxygens (including phenoxy) is 1. The summed E-state index contributed by atoms with van der Waals surface area (Å²) in [6, 6.07) is 26.3. The summed E-state index contributed by atoms with van der Waals surface area (Å²) in [7, 11) is 0. The van der Waals surface area contributed by atoms with Crippen LogP contribution in [0.15, 0.2) is 83.8 Å². The van der Waals surface area contributed by atoms with Gasteiger partial charge in [-0.05, 0) is 60.9 Å². The Balaban J connectivity index is 0.00000461. The van der Waals surface area contributed by atoms with Gasteiger partial charge >= 0.3 is 29.6 Å². The molecule has 5 nitrogen and oxygen atoms in total. The molecule has 0 aliphatic rings. The second kappa shape index (κ2) is 14.5. The van der Waals surface area contributed by atoms with Crippen LogP contribution in [0.2, 0.25) is 5.02 Å². The zero-order valence-corrected chi connectivity index (χ0v) is 30.9. The maximum atomic E-state index is 12.2. The first-order valence-corrected chi connectivity index (χ1v) is 16.4. The van der Waals surface area contributed by atoms with Crippen molar-refractivity contribution >= 4 is 51.1 Å². The maximum absolute atomic E-state index is 12.2. The number of pyridine rings is 1. The number of nitrogens with zero attached hydrogens (tertiary/aromatic N) is 2. The smallest absolute Gasteiger partial charge is 0.550 e. The molecule has 0 radical (unpaired) electrons. The Morgan fingerprint density at radius 2 is 1.71 bits per heavy atom. The van der Waals surface area contributed by atoms with Crippen LogP contribution in [0.4, 0.5) is 0 Å². The molecule has 1 unspecified atom stereocenters. The third-order valence-corrected chi connectivity index (χ3v) is 9.22. The van der Waals surface area contributed by atoms with E-state index in [1.54, 1.807) is 25.6 Å². The van der Waals surface area contributed by atoms with Gasteiger partial charge in [0.15, 0.2) is 0 Å². The molecular formula is C37H40ClN2NaO3S. The maximum Gasteiger partial charge on any atom is 1.00 e. The first-order chi connectivity index (χ1) is 20.8. The number of halogens is 1. The van der Waals surface area contributed by atoms with Crippen molar-refractivity contribution in [3.8, 4) is 5.75 Å². The van der Waals surface area contributed by atoms with Gasteiger partial charge in [-0.2, -0.15) is 0 Å². The molecule has 45 heavy (non-hydrogen) atoms. The molecule has 5 rings (SSSR count). The number of aromatic nitrogens is 2. The van der Waals surface area contributed by atoms with Crippen molar-refractivity contribution in [2.45, 2.75) is 83.1 Å². The summed E-state index contributed by atoms with van der Waals surface area (Å²) in [4.78, 5) is 18.2. The fourth-order valence-corrected chi connectivity index (χ4v) is 6.74. The molecule has 0 spiro atoms. The number of thioether (sulfide) groups is 1. The zero-order valence-electron chi connectivity index (χ0n) is 27.3. The molecule has 5 aromatic rings. The van der Waals surface area contributed by atoms with Crippen LogP contribution < -0.4 is 39.4 Å². The minimum absolute atomic E-state index is 0. The molecule has 0 aliphatic heterocycles. The van der Waals surface area contributed by atoms with Gasteiger partial charge in [0.05, 0.1) is 11.2 Å². The molecule has 1 atom stereocenters. The van der Waals surface area contributed by atoms with E-state index < -0.39 is 11.4 Å². The molecule has 2 heterocycles. The van der Waals surface area contributed by atoms with Gasteiger partial charge < -0.3 is 19.2 Å². The standard InChI is InChI=1S/C37H41ClN2O3S.Na/c1-7-10-33(30-19-15-25-11-8-9-12-29(25)39-30)43-27-18-20-31-28(21-27)34(44-36(2,3)4)32(22-37(5,6)35(41)42)40(31)23-24-13-16-26(38)17-14-24;/h8-9,11-21,33H,7,10,22-23H2,1-6H3,(H,41,42);/q;+1/p-1. The average molecular weight is 651 g/mol. The zero-order chi connectivity index (χ0) is 31.6. The Morgan fingerprint density at radius 3 is 2.38 bits per heavy atom. The molecule has 0 saturated heterocycles. The molecule has 0 fully saturated rings. The summed E-state index contributed by atoms with van der Waals surface area (Å²) >= 11 is 7.95. The number of fused-ring (bicyclic) bond motifs is 2. The predicted octanol–water partition coefficient (Wildman–Crippen LogP) is 6.02. The van der Waals surface area contributed by atoms with Gasteiger partial charge in [0, 0.05) is 54.6 Å². The van der Waals surface area contributed by atoms with Crippen LogP contribution in [0, 0.1) is 5.41 Å². The summed E-state index contributed by atoms with van der Waals surface area (Å²) in [5.41, 5.74) is 3.88. The van der Waals surface area contributed by atoms with E-state index in [1.807, 2.05) is 48.5 Å². The molecule has 0 saturated carbocycles. The first kappa shape index (κ1) is 35.4. The van der Waals surface area contributed by atoms with Crippen LogP contribution in [0.5, 0.6) is 5.75 Å². The van der Waals surface area contributed by atoms with Crippen LogP contribution in [-0.2, 0) is 17.8 Å². The number of para-hydroxylation sites is 1. The molecule has 230 valence electrons. The SMILES string of the molecule is CCCC(Oc1ccc2c(c1)c(SC(C)(C)C)c(CC(C)(C)C(=O)[O-])n2Cc1ccc(Cl)cc1)c1ccc2ccccc2n1.[Na+]. The van der Waals surface area contributed by atoms with Gasteiger partial charge in [0.25, 0.3) is 0 Å². The summed E-state index contributed by atoms with van der Waals surface area (Å²) in [6.07, 6.45) is 1.90. The number of hydrogen-bond acceptors (Lipinski definition) is 5. The Bertz CT molecular complexity index is 1790. The Labute approximate surface area is 298 Å². The minimum atomic E-state index is -1.07. The normalized spacial score (nSPS) is 12.7. The van der Waals surface area contributed by atoms with Gasteiger partial charge in [0.2, 0.25) is 0 Å². The van der Waals surface area contributed by atoms with Crippen LogP contribution in [0.1, 0.15) is 77.4 Å². The van der Waals surface area contributed by atoms with Crippen molar-refractivity contribution in [1.82, 2.24) is 9.55 Å². The Kier molecular flexibility index (Phi) is 11.4. The van der Waals surface area contributed by atoms with E-state index in [0.29, 0.717) is 18.0 Å². The van der Waals surface area contributed by atoms with E-state index in [-0.39, 0.29) is 40.4 Å². The monoisotopic (exact) mass is 650 g/mol. The molecule has 3 aromatic carbocycles. The van der Waals surface area contributed by atoms with Gasteiger partial charge in [0.1, 0.15) is 11.9 Å². The average Bonchev–Trinajstić information content (AvgIpc) is 3.23. The Morgan fingerprint density at radius 1 is 1.00 bits per heavy atom. The van der Waals surface area contributed by atoms with E-state index in [0.717, 1.165) is 62.2 Å². The number of hydrogen-bond donors (Lipinski definition) is 0. The summed E-state index contributed by atoms with van der Waals surface area (Å²) in [5, 5.41) is 15.1. The van der Waals surface area contributed by atoms with Gasteiger partial charge in [-0.1, -0.05) is 96.0 Å². The van der Waals surface area contributed by atoms with Crippen LogP contribution >= 0.6 is 23.4 Å². The second-order valence-electron chi connectivity index (χ2n) is 13.1. The molecule has 0 amide bonds. The Hall–Kier alpha value is -2.48. The number of carbonyl (C=O) groups excluding carboxylic acids is 1. The van der Waals surface area contributed by atoms with E-state index in [1.165, 1.54) is 0 Å². The number of benzene rings is 3. The number of carbonyl (C=O) groups is 1. The van der Waals surface area contributed by atoms with Crippen molar-refractivity contribution in [2.24, 2.45) is 5.41 Å². The van der Waals surface area contributed by atoms with Crippen molar-refractivity contribution in [3.05, 3.63) is 101 Å². The molecule has 8 heteroatoms. The van der Waals surface area contributed by atoms with Crippen LogP contribution in [-0.4, -0.2) is 20.3 Å².